The van der Waals surface area contributed by atoms with Gasteiger partial charge in [-0.25, -0.2) is 9.13 Å². The summed E-state index contributed by atoms with van der Waals surface area (Å²) in [4.78, 5) is 73.0. The Morgan fingerprint density at radius 2 is 0.505 bits per heavy atom. The Kier molecular flexibility index (Phi) is 70.9. The molecule has 7 atom stereocenters. The number of esters is 4. The van der Waals surface area contributed by atoms with Gasteiger partial charge in [-0.3, -0.25) is 37.3 Å². The van der Waals surface area contributed by atoms with Crippen LogP contribution in [0.15, 0.2) is 0 Å². The number of aliphatic hydroxyl groups excluding tert-OH is 1. The maximum atomic E-state index is 13.1. The number of aliphatic hydroxyl groups is 1. The van der Waals surface area contributed by atoms with Crippen LogP contribution in [-0.2, 0) is 65.4 Å². The molecule has 4 unspecified atom stereocenters. The number of phosphoric acid groups is 2. The molecule has 600 valence electrons. The second-order valence-corrected chi connectivity index (χ2v) is 33.4. The monoisotopic (exact) mass is 1480 g/mol. The number of ether oxygens (including phenoxy) is 4. The smallest absolute Gasteiger partial charge is 0.462 e. The van der Waals surface area contributed by atoms with Crippen molar-refractivity contribution in [1.29, 1.82) is 0 Å². The molecule has 0 aliphatic rings. The molecule has 0 aromatic carbocycles. The Labute approximate surface area is 619 Å². The molecular weight excluding hydrogens is 1320 g/mol. The molecule has 0 radical (unpaired) electrons. The summed E-state index contributed by atoms with van der Waals surface area (Å²) in [5.41, 5.74) is 0. The average Bonchev–Trinajstić information content (AvgIpc) is 0.923. The Hall–Kier alpha value is -1.94. The van der Waals surface area contributed by atoms with Gasteiger partial charge in [-0.15, -0.1) is 0 Å². The molecule has 101 heavy (non-hydrogen) atoms. The summed E-state index contributed by atoms with van der Waals surface area (Å²) in [6.45, 7) is 11.9. The molecule has 0 aromatic heterocycles. The second-order valence-electron chi connectivity index (χ2n) is 30.5. The van der Waals surface area contributed by atoms with Crippen LogP contribution in [0.2, 0.25) is 0 Å². The van der Waals surface area contributed by atoms with Crippen LogP contribution in [0.25, 0.3) is 0 Å². The lowest BCUT2D eigenvalue weighted by Crippen LogP contribution is -2.30. The third-order valence-electron chi connectivity index (χ3n) is 19.9. The molecule has 0 aromatic rings. The second kappa shape index (κ2) is 72.3. The van der Waals surface area contributed by atoms with Crippen molar-refractivity contribution in [2.75, 3.05) is 39.6 Å². The van der Waals surface area contributed by atoms with Crippen molar-refractivity contribution in [1.82, 2.24) is 0 Å². The van der Waals surface area contributed by atoms with Gasteiger partial charge in [0.05, 0.1) is 26.4 Å². The normalized spacial score (nSPS) is 14.5. The first-order valence-corrected chi connectivity index (χ1v) is 45.4. The summed E-state index contributed by atoms with van der Waals surface area (Å²) in [5.74, 6) is 0.147. The van der Waals surface area contributed by atoms with Gasteiger partial charge >= 0.3 is 39.5 Å². The summed E-state index contributed by atoms with van der Waals surface area (Å²) in [5, 5.41) is 10.6. The van der Waals surface area contributed by atoms with E-state index in [1.165, 1.54) is 231 Å². The average molecular weight is 1480 g/mol. The summed E-state index contributed by atoms with van der Waals surface area (Å²) >= 11 is 0. The zero-order valence-electron chi connectivity index (χ0n) is 66.4. The first kappa shape index (κ1) is 99.1. The standard InChI is InChI=1S/C82H160O17P2/c1-8-11-12-13-14-15-16-17-18-19-20-21-22-23-24-29-32-35-38-41-51-58-65-81(86)98-77(69-92-79(84)63-56-49-40-37-34-31-28-26-25-27-30-33-36-39-46-53-60-73(4)5)71-96-100(88,89)94-67-76(83)68-95-101(90,91)97-72-78(99-82(87)66-59-52-45-43-48-55-62-75(7)10-3)70-93-80(85)64-57-50-44-42-47-54-61-74(6)9-2/h73-78,83H,8-72H2,1-7H3,(H,88,89)(H,90,91)/t74?,75?,76-,77-,78-/m1/s1. The fourth-order valence-corrected chi connectivity index (χ4v) is 14.2. The number of carbonyl (C=O) groups excluding carboxylic acids is 4. The van der Waals surface area contributed by atoms with Crippen molar-refractivity contribution in [2.24, 2.45) is 17.8 Å². The first-order chi connectivity index (χ1) is 48.8. The van der Waals surface area contributed by atoms with Crippen LogP contribution in [0.5, 0.6) is 0 Å². The van der Waals surface area contributed by atoms with E-state index in [1.54, 1.807) is 0 Å². The zero-order valence-corrected chi connectivity index (χ0v) is 68.2. The van der Waals surface area contributed by atoms with Crippen molar-refractivity contribution in [3.63, 3.8) is 0 Å². The van der Waals surface area contributed by atoms with Crippen LogP contribution in [0.3, 0.4) is 0 Å². The van der Waals surface area contributed by atoms with Gasteiger partial charge in [0.15, 0.2) is 12.2 Å². The third-order valence-corrected chi connectivity index (χ3v) is 21.8. The summed E-state index contributed by atoms with van der Waals surface area (Å²) in [7, 11) is -9.92. The number of rotatable bonds is 80. The van der Waals surface area contributed by atoms with E-state index >= 15 is 0 Å². The molecule has 0 saturated heterocycles. The van der Waals surface area contributed by atoms with Gasteiger partial charge in [0.1, 0.15) is 19.3 Å². The highest BCUT2D eigenvalue weighted by atomic mass is 31.2. The fourth-order valence-electron chi connectivity index (χ4n) is 12.6. The molecule has 0 heterocycles. The van der Waals surface area contributed by atoms with Gasteiger partial charge < -0.3 is 33.8 Å². The SMILES string of the molecule is CCCCCCCCCCCCCCCCCCCCCCCCC(=O)O[C@H](COC(=O)CCCCCCCCCCCCCCCCCCC(C)C)COP(=O)(O)OC[C@@H](O)COP(=O)(O)OC[C@@H](COC(=O)CCCCCCCCC(C)CC)OC(=O)CCCCCCCCC(C)CC. The van der Waals surface area contributed by atoms with Crippen molar-refractivity contribution in [2.45, 2.75) is 446 Å². The minimum absolute atomic E-state index is 0.102. The number of carbonyl (C=O) groups is 4. The van der Waals surface area contributed by atoms with E-state index in [0.717, 1.165) is 114 Å². The molecule has 0 saturated carbocycles. The van der Waals surface area contributed by atoms with E-state index in [0.29, 0.717) is 25.7 Å². The molecule has 0 spiro atoms. The van der Waals surface area contributed by atoms with Crippen molar-refractivity contribution < 1.29 is 80.2 Å². The van der Waals surface area contributed by atoms with Crippen molar-refractivity contribution in [3.05, 3.63) is 0 Å². The number of hydrogen-bond acceptors (Lipinski definition) is 15. The minimum atomic E-state index is -4.96. The Bertz CT molecular complexity index is 1960. The van der Waals surface area contributed by atoms with Crippen molar-refractivity contribution in [3.8, 4) is 0 Å². The van der Waals surface area contributed by atoms with Gasteiger partial charge in [0, 0.05) is 25.7 Å². The quantitative estimate of drug-likeness (QED) is 0.0222. The predicted octanol–water partition coefficient (Wildman–Crippen LogP) is 24.5. The Morgan fingerprint density at radius 3 is 0.752 bits per heavy atom. The largest absolute Gasteiger partial charge is 0.472 e. The van der Waals surface area contributed by atoms with Gasteiger partial charge in [0.2, 0.25) is 0 Å². The molecule has 0 rings (SSSR count). The molecule has 0 aliphatic heterocycles. The van der Waals surface area contributed by atoms with Gasteiger partial charge in [0.25, 0.3) is 0 Å². The number of hydrogen-bond donors (Lipinski definition) is 3. The summed E-state index contributed by atoms with van der Waals surface area (Å²) in [6, 6.07) is 0. The third kappa shape index (κ3) is 73.4. The van der Waals surface area contributed by atoms with E-state index in [1.807, 2.05) is 0 Å². The molecule has 17 nitrogen and oxygen atoms in total. The topological polar surface area (TPSA) is 237 Å². The van der Waals surface area contributed by atoms with E-state index in [9.17, 15) is 43.2 Å². The van der Waals surface area contributed by atoms with Gasteiger partial charge in [-0.1, -0.05) is 376 Å². The summed E-state index contributed by atoms with van der Waals surface area (Å²) in [6.07, 6.45) is 61.4. The zero-order chi connectivity index (χ0) is 74.4. The molecule has 19 heteroatoms. The summed E-state index contributed by atoms with van der Waals surface area (Å²) < 4.78 is 68.7. The van der Waals surface area contributed by atoms with Crippen LogP contribution in [-0.4, -0.2) is 96.7 Å². The van der Waals surface area contributed by atoms with Crippen LogP contribution in [0.4, 0.5) is 0 Å². The van der Waals surface area contributed by atoms with Gasteiger partial charge in [-0.05, 0) is 43.4 Å². The van der Waals surface area contributed by atoms with Crippen molar-refractivity contribution >= 4 is 39.5 Å². The molecule has 0 aliphatic carbocycles. The number of unbranched alkanes of at least 4 members (excludes halogenated alkanes) is 46. The fraction of sp³-hybridized carbons (Fsp3) is 0.951. The molecule has 3 N–H and O–H groups in total. The molecule has 0 bridgehead atoms. The first-order valence-electron chi connectivity index (χ1n) is 42.4. The van der Waals surface area contributed by atoms with Crippen LogP contribution in [0, 0.1) is 17.8 Å². The van der Waals surface area contributed by atoms with Crippen LogP contribution in [0.1, 0.15) is 427 Å². The highest BCUT2D eigenvalue weighted by Gasteiger charge is 2.30. The lowest BCUT2D eigenvalue weighted by atomic mass is 10.00. The van der Waals surface area contributed by atoms with Gasteiger partial charge in [-0.2, -0.15) is 0 Å². The highest BCUT2D eigenvalue weighted by Crippen LogP contribution is 2.45. The number of phosphoric ester groups is 2. The maximum absolute atomic E-state index is 13.1. The Morgan fingerprint density at radius 1 is 0.287 bits per heavy atom. The molecule has 0 amide bonds. The lowest BCUT2D eigenvalue weighted by Gasteiger charge is -2.21. The van der Waals surface area contributed by atoms with E-state index in [-0.39, 0.29) is 25.7 Å². The minimum Gasteiger partial charge on any atom is -0.462 e. The maximum Gasteiger partial charge on any atom is 0.472 e. The molecule has 0 fully saturated rings. The lowest BCUT2D eigenvalue weighted by molar-refractivity contribution is -0.161. The van der Waals surface area contributed by atoms with E-state index < -0.39 is 97.5 Å². The van der Waals surface area contributed by atoms with Crippen LogP contribution >= 0.6 is 15.6 Å². The van der Waals surface area contributed by atoms with E-state index in [4.69, 9.17) is 37.0 Å². The van der Waals surface area contributed by atoms with E-state index in [2.05, 4.69) is 48.5 Å². The Balaban J connectivity index is 5.19. The highest BCUT2D eigenvalue weighted by molar-refractivity contribution is 7.47. The predicted molar refractivity (Wildman–Crippen MR) is 414 cm³/mol. The van der Waals surface area contributed by atoms with Crippen LogP contribution < -0.4 is 0 Å². The molecular formula is C82H160O17P2.